The standard InChI is InChI=1S/C5H15PSi/c1-6-5-7(2,3)4/h6H,5H2,1-4H3. The maximum absolute atomic E-state index is 2.42. The fourth-order valence-corrected chi connectivity index (χ4v) is 4.77. The van der Waals surface area contributed by atoms with Gasteiger partial charge in [-0.25, -0.2) is 0 Å². The average Bonchev–Trinajstić information content (AvgIpc) is 1.30. The maximum Gasteiger partial charge on any atom is 0.0482 e. The van der Waals surface area contributed by atoms with Crippen LogP contribution in [0.1, 0.15) is 0 Å². The Hall–Kier alpha value is 0.647. The van der Waals surface area contributed by atoms with Gasteiger partial charge in [0.05, 0.1) is 0 Å². The summed E-state index contributed by atoms with van der Waals surface area (Å²) < 4.78 is 0. The molecule has 0 aliphatic rings. The highest BCUT2D eigenvalue weighted by atomic mass is 31.1. The first-order valence-electron chi connectivity index (χ1n) is 2.71. The fourth-order valence-electron chi connectivity index (χ4n) is 0.530. The summed E-state index contributed by atoms with van der Waals surface area (Å²) in [5, 5.41) is 0. The van der Waals surface area contributed by atoms with Gasteiger partial charge in [-0.15, -0.1) is 8.58 Å². The number of rotatable bonds is 2. The molecule has 0 aliphatic heterocycles. The van der Waals surface area contributed by atoms with E-state index in [2.05, 4.69) is 26.3 Å². The summed E-state index contributed by atoms with van der Waals surface area (Å²) in [4.78, 5) is 0. The Bertz CT molecular complexity index is 46.5. The summed E-state index contributed by atoms with van der Waals surface area (Å²) >= 11 is 0. The predicted octanol–water partition coefficient (Wildman–Crippen LogP) is 2.17. The molecule has 7 heavy (non-hydrogen) atoms. The normalized spacial score (nSPS) is 13.7. The molecule has 0 radical (unpaired) electrons. The highest BCUT2D eigenvalue weighted by Gasteiger charge is 2.09. The van der Waals surface area contributed by atoms with Gasteiger partial charge in [0, 0.05) is 8.07 Å². The molecule has 2 heteroatoms. The second-order valence-electron chi connectivity index (χ2n) is 3.09. The molecule has 44 valence electrons. The van der Waals surface area contributed by atoms with E-state index >= 15 is 0 Å². The molecule has 0 aliphatic carbocycles. The van der Waals surface area contributed by atoms with E-state index in [0.29, 0.717) is 0 Å². The Morgan fingerprint density at radius 3 is 1.71 bits per heavy atom. The lowest BCUT2D eigenvalue weighted by Gasteiger charge is -2.12. The topological polar surface area (TPSA) is 0 Å². The van der Waals surface area contributed by atoms with Crippen LogP contribution >= 0.6 is 8.58 Å². The highest BCUT2D eigenvalue weighted by Crippen LogP contribution is 2.12. The van der Waals surface area contributed by atoms with Crippen molar-refractivity contribution in [3.05, 3.63) is 0 Å². The summed E-state index contributed by atoms with van der Waals surface area (Å²) in [6.45, 7) is 9.55. The van der Waals surface area contributed by atoms with Gasteiger partial charge in [0.2, 0.25) is 0 Å². The zero-order valence-corrected chi connectivity index (χ0v) is 7.71. The number of hydrogen-bond acceptors (Lipinski definition) is 0. The van der Waals surface area contributed by atoms with Gasteiger partial charge in [-0.1, -0.05) is 19.6 Å². The van der Waals surface area contributed by atoms with Crippen molar-refractivity contribution in [2.75, 3.05) is 12.5 Å². The lowest BCUT2D eigenvalue weighted by molar-refractivity contribution is 1.67. The largest absolute Gasteiger partial charge is 0.128 e. The summed E-state index contributed by atoms with van der Waals surface area (Å²) in [5.74, 6) is 1.51. The lowest BCUT2D eigenvalue weighted by atomic mass is 11.7. The van der Waals surface area contributed by atoms with Crippen LogP contribution in [0, 0.1) is 0 Å². The molecule has 0 N–H and O–H groups in total. The zero-order valence-electron chi connectivity index (χ0n) is 5.71. The van der Waals surface area contributed by atoms with E-state index in [-0.39, 0.29) is 0 Å². The molecule has 0 aromatic heterocycles. The monoisotopic (exact) mass is 134 g/mol. The Labute approximate surface area is 49.5 Å². The van der Waals surface area contributed by atoms with Crippen molar-refractivity contribution < 1.29 is 0 Å². The molecule has 0 nitrogen and oxygen atoms in total. The Kier molecular flexibility index (Phi) is 3.10. The van der Waals surface area contributed by atoms with Crippen molar-refractivity contribution in [2.45, 2.75) is 19.6 Å². The molecule has 0 saturated carbocycles. The van der Waals surface area contributed by atoms with Crippen molar-refractivity contribution in [3.8, 4) is 0 Å². The predicted molar refractivity (Wildman–Crippen MR) is 42.5 cm³/mol. The molecular weight excluding hydrogens is 119 g/mol. The third kappa shape index (κ3) is 6.65. The van der Waals surface area contributed by atoms with E-state index in [1.807, 2.05) is 0 Å². The molecule has 1 unspecified atom stereocenters. The lowest BCUT2D eigenvalue weighted by Crippen LogP contribution is -2.22. The first-order chi connectivity index (χ1) is 3.06. The van der Waals surface area contributed by atoms with Gasteiger partial charge in [0.25, 0.3) is 0 Å². The van der Waals surface area contributed by atoms with Gasteiger partial charge in [-0.05, 0) is 12.5 Å². The quantitative estimate of drug-likeness (QED) is 0.401. The third-order valence-electron chi connectivity index (χ3n) is 0.707. The molecule has 0 spiro atoms. The molecular formula is C5H15PSi. The van der Waals surface area contributed by atoms with Gasteiger partial charge in [0.15, 0.2) is 0 Å². The Morgan fingerprint density at radius 1 is 1.29 bits per heavy atom. The second-order valence-corrected chi connectivity index (χ2v) is 10.3. The third-order valence-corrected chi connectivity index (χ3v) is 6.36. The molecule has 0 aromatic carbocycles. The van der Waals surface area contributed by atoms with E-state index in [1.165, 1.54) is 14.4 Å². The summed E-state index contributed by atoms with van der Waals surface area (Å²) in [5.41, 5.74) is 0. The molecule has 0 saturated heterocycles. The van der Waals surface area contributed by atoms with E-state index < -0.39 is 8.07 Å². The average molecular weight is 134 g/mol. The minimum absolute atomic E-state index is 0.645. The summed E-state index contributed by atoms with van der Waals surface area (Å²) in [7, 11) is 0.526. The SMILES string of the molecule is CPC[Si](C)(C)C. The Balaban J connectivity index is 3.15. The van der Waals surface area contributed by atoms with Crippen LogP contribution in [0.15, 0.2) is 0 Å². The summed E-state index contributed by atoms with van der Waals surface area (Å²) in [6, 6.07) is 0. The van der Waals surface area contributed by atoms with E-state index in [4.69, 9.17) is 0 Å². The fraction of sp³-hybridized carbons (Fsp3) is 1.00. The molecule has 0 aromatic rings. The minimum Gasteiger partial charge on any atom is -0.128 e. The van der Waals surface area contributed by atoms with Gasteiger partial charge in [-0.3, -0.25) is 0 Å². The van der Waals surface area contributed by atoms with Crippen molar-refractivity contribution >= 4 is 16.7 Å². The van der Waals surface area contributed by atoms with E-state index in [0.717, 1.165) is 0 Å². The van der Waals surface area contributed by atoms with Gasteiger partial charge in [0.1, 0.15) is 0 Å². The van der Waals surface area contributed by atoms with E-state index in [9.17, 15) is 0 Å². The number of hydrogen-bond donors (Lipinski definition) is 0. The van der Waals surface area contributed by atoms with Crippen LogP contribution in [0.3, 0.4) is 0 Å². The van der Waals surface area contributed by atoms with Crippen molar-refractivity contribution in [1.82, 2.24) is 0 Å². The van der Waals surface area contributed by atoms with Crippen LogP contribution in [-0.4, -0.2) is 20.5 Å². The van der Waals surface area contributed by atoms with E-state index in [1.54, 1.807) is 0 Å². The second kappa shape index (κ2) is 2.83. The van der Waals surface area contributed by atoms with Crippen LogP contribution < -0.4 is 0 Å². The Morgan fingerprint density at radius 2 is 1.71 bits per heavy atom. The molecule has 0 amide bonds. The molecule has 0 rings (SSSR count). The summed E-state index contributed by atoms with van der Waals surface area (Å²) in [6.07, 6.45) is 0. The molecule has 1 atom stereocenters. The first kappa shape index (κ1) is 7.65. The van der Waals surface area contributed by atoms with Crippen LogP contribution in [0.25, 0.3) is 0 Å². The molecule has 0 fully saturated rings. The molecule has 0 bridgehead atoms. The molecule has 0 heterocycles. The van der Waals surface area contributed by atoms with Crippen LogP contribution in [0.2, 0.25) is 19.6 Å². The van der Waals surface area contributed by atoms with Crippen molar-refractivity contribution in [1.29, 1.82) is 0 Å². The maximum atomic E-state index is 2.42. The van der Waals surface area contributed by atoms with Gasteiger partial charge < -0.3 is 0 Å². The van der Waals surface area contributed by atoms with Crippen molar-refractivity contribution in [3.63, 3.8) is 0 Å². The zero-order chi connectivity index (χ0) is 5.91. The minimum atomic E-state index is -0.645. The van der Waals surface area contributed by atoms with Gasteiger partial charge in [-0.2, -0.15) is 0 Å². The van der Waals surface area contributed by atoms with Gasteiger partial charge >= 0.3 is 0 Å². The highest BCUT2D eigenvalue weighted by molar-refractivity contribution is 7.41. The van der Waals surface area contributed by atoms with Crippen LogP contribution in [0.4, 0.5) is 0 Å². The first-order valence-corrected chi connectivity index (χ1v) is 8.12. The smallest absolute Gasteiger partial charge is 0.0482 e. The van der Waals surface area contributed by atoms with Crippen LogP contribution in [-0.2, 0) is 0 Å². The van der Waals surface area contributed by atoms with Crippen LogP contribution in [0.5, 0.6) is 0 Å². The van der Waals surface area contributed by atoms with Crippen molar-refractivity contribution in [2.24, 2.45) is 0 Å².